The Morgan fingerprint density at radius 3 is 2.50 bits per heavy atom. The minimum atomic E-state index is -0.375. The predicted molar refractivity (Wildman–Crippen MR) is 111 cm³/mol. The molecule has 0 aliphatic carbocycles. The van der Waals surface area contributed by atoms with E-state index in [0.29, 0.717) is 10.7 Å². The topological polar surface area (TPSA) is 60.7 Å². The number of aryl methyl sites for hydroxylation is 1. The molecule has 28 heavy (non-hydrogen) atoms. The van der Waals surface area contributed by atoms with Gasteiger partial charge in [0.1, 0.15) is 6.54 Å². The first-order chi connectivity index (χ1) is 13.4. The second kappa shape index (κ2) is 8.52. The van der Waals surface area contributed by atoms with Crippen LogP contribution in [0.4, 0.5) is 0 Å². The summed E-state index contributed by atoms with van der Waals surface area (Å²) < 4.78 is 7.57. The van der Waals surface area contributed by atoms with Crippen LogP contribution in [0.5, 0.6) is 0 Å². The highest BCUT2D eigenvalue weighted by Crippen LogP contribution is 2.23. The number of amides is 1. The van der Waals surface area contributed by atoms with E-state index in [0.717, 1.165) is 21.3 Å². The highest BCUT2D eigenvalue weighted by atomic mass is 32.1. The van der Waals surface area contributed by atoms with E-state index < -0.39 is 0 Å². The summed E-state index contributed by atoms with van der Waals surface area (Å²) in [6.07, 6.45) is 0.226. The van der Waals surface area contributed by atoms with Gasteiger partial charge < -0.3 is 9.30 Å². The number of aromatic nitrogens is 1. The molecule has 0 atom stereocenters. The minimum Gasteiger partial charge on any atom is -0.468 e. The number of methoxy groups -OCH3 is 1. The molecular weight excluding hydrogens is 372 g/mol. The molecule has 3 rings (SSSR count). The molecule has 1 amide bonds. The molecule has 0 bridgehead atoms. The Hall–Kier alpha value is -2.73. The number of carbonyl (C=O) groups is 2. The van der Waals surface area contributed by atoms with Crippen molar-refractivity contribution < 1.29 is 14.3 Å². The molecule has 3 aromatic rings. The second-order valence-corrected chi connectivity index (χ2v) is 8.11. The van der Waals surface area contributed by atoms with Crippen LogP contribution in [0.25, 0.3) is 10.2 Å². The number of benzene rings is 2. The van der Waals surface area contributed by atoms with Crippen LogP contribution in [0.2, 0.25) is 0 Å². The highest BCUT2D eigenvalue weighted by Gasteiger charge is 2.13. The summed E-state index contributed by atoms with van der Waals surface area (Å²) in [6, 6.07) is 14.0. The maximum absolute atomic E-state index is 12.5. The number of thiazole rings is 1. The second-order valence-electron chi connectivity index (χ2n) is 7.10. The summed E-state index contributed by atoms with van der Waals surface area (Å²) in [5, 5.41) is 0. The standard InChI is InChI=1S/C22H24N2O3S/c1-14(2)17-9-10-18-19(12-17)28-22(24(18)13-21(26)27-4)23-20(25)11-16-7-5-15(3)6-8-16/h5-10,12,14H,11,13H2,1-4H3. The van der Waals surface area contributed by atoms with Gasteiger partial charge in [-0.05, 0) is 36.1 Å². The van der Waals surface area contributed by atoms with Crippen molar-refractivity contribution in [2.75, 3.05) is 7.11 Å². The average Bonchev–Trinajstić information content (AvgIpc) is 2.99. The van der Waals surface area contributed by atoms with Crippen molar-refractivity contribution in [1.82, 2.24) is 4.57 Å². The fourth-order valence-electron chi connectivity index (χ4n) is 2.91. The normalized spacial score (nSPS) is 12.0. The number of hydrogen-bond donors (Lipinski definition) is 0. The first-order valence-electron chi connectivity index (χ1n) is 9.20. The number of hydrogen-bond acceptors (Lipinski definition) is 4. The van der Waals surface area contributed by atoms with Gasteiger partial charge in [-0.2, -0.15) is 4.99 Å². The predicted octanol–water partition coefficient (Wildman–Crippen LogP) is 3.98. The van der Waals surface area contributed by atoms with Crippen LogP contribution < -0.4 is 4.80 Å². The third-order valence-electron chi connectivity index (χ3n) is 4.58. The fraction of sp³-hybridized carbons (Fsp3) is 0.318. The Bertz CT molecular complexity index is 1080. The van der Waals surface area contributed by atoms with Crippen molar-refractivity contribution in [3.8, 4) is 0 Å². The van der Waals surface area contributed by atoms with Crippen molar-refractivity contribution in [1.29, 1.82) is 0 Å². The molecule has 1 heterocycles. The van der Waals surface area contributed by atoms with E-state index in [2.05, 4.69) is 24.9 Å². The summed E-state index contributed by atoms with van der Waals surface area (Å²) in [5.74, 6) is -0.220. The molecule has 0 N–H and O–H groups in total. The zero-order chi connectivity index (χ0) is 20.3. The highest BCUT2D eigenvalue weighted by molar-refractivity contribution is 7.16. The van der Waals surface area contributed by atoms with Crippen LogP contribution in [-0.2, 0) is 27.3 Å². The first kappa shape index (κ1) is 20.0. The summed E-state index contributed by atoms with van der Waals surface area (Å²) in [7, 11) is 1.35. The maximum atomic E-state index is 12.5. The Morgan fingerprint density at radius 2 is 1.86 bits per heavy atom. The number of nitrogens with zero attached hydrogens (tertiary/aromatic N) is 2. The summed E-state index contributed by atoms with van der Waals surface area (Å²) in [6.45, 7) is 6.30. The Balaban J connectivity index is 2.02. The largest absolute Gasteiger partial charge is 0.468 e. The van der Waals surface area contributed by atoms with E-state index in [1.54, 1.807) is 4.57 Å². The van der Waals surface area contributed by atoms with Gasteiger partial charge >= 0.3 is 5.97 Å². The molecule has 146 valence electrons. The summed E-state index contributed by atoms with van der Waals surface area (Å²) in [4.78, 5) is 29.3. The molecule has 0 aliphatic heterocycles. The molecule has 0 saturated carbocycles. The Morgan fingerprint density at radius 1 is 1.14 bits per heavy atom. The van der Waals surface area contributed by atoms with Crippen LogP contribution in [0.15, 0.2) is 47.5 Å². The zero-order valence-corrected chi connectivity index (χ0v) is 17.4. The number of rotatable bonds is 5. The molecule has 0 spiro atoms. The molecular formula is C22H24N2O3S. The van der Waals surface area contributed by atoms with Crippen LogP contribution in [-0.4, -0.2) is 23.6 Å². The fourth-order valence-corrected chi connectivity index (χ4v) is 4.00. The number of esters is 1. The van der Waals surface area contributed by atoms with Crippen LogP contribution >= 0.6 is 11.3 Å². The first-order valence-corrected chi connectivity index (χ1v) is 10.0. The summed E-state index contributed by atoms with van der Waals surface area (Å²) >= 11 is 1.42. The maximum Gasteiger partial charge on any atom is 0.325 e. The molecule has 0 fully saturated rings. The quantitative estimate of drug-likeness (QED) is 0.613. The number of fused-ring (bicyclic) bond motifs is 1. The molecule has 5 nitrogen and oxygen atoms in total. The zero-order valence-electron chi connectivity index (χ0n) is 16.6. The van der Waals surface area contributed by atoms with Crippen molar-refractivity contribution in [2.24, 2.45) is 4.99 Å². The lowest BCUT2D eigenvalue weighted by atomic mass is 10.0. The van der Waals surface area contributed by atoms with E-state index >= 15 is 0 Å². The number of carbonyl (C=O) groups excluding carboxylic acids is 2. The SMILES string of the molecule is COC(=O)Cn1c(=NC(=O)Cc2ccc(C)cc2)sc2cc(C(C)C)ccc21. The molecule has 6 heteroatoms. The van der Waals surface area contributed by atoms with Gasteiger partial charge in [-0.15, -0.1) is 0 Å². The van der Waals surface area contributed by atoms with Crippen molar-refractivity contribution >= 4 is 33.4 Å². The lowest BCUT2D eigenvalue weighted by Crippen LogP contribution is -2.22. The van der Waals surface area contributed by atoms with E-state index in [1.165, 1.54) is 24.0 Å². The van der Waals surface area contributed by atoms with Gasteiger partial charge in [0.15, 0.2) is 4.80 Å². The monoisotopic (exact) mass is 396 g/mol. The molecule has 1 aromatic heterocycles. The molecule has 2 aromatic carbocycles. The lowest BCUT2D eigenvalue weighted by Gasteiger charge is -2.06. The van der Waals surface area contributed by atoms with Crippen LogP contribution in [0.3, 0.4) is 0 Å². The molecule has 0 aliphatic rings. The van der Waals surface area contributed by atoms with E-state index in [9.17, 15) is 9.59 Å². The van der Waals surface area contributed by atoms with Gasteiger partial charge in [-0.3, -0.25) is 9.59 Å². The van der Waals surface area contributed by atoms with Gasteiger partial charge in [0.2, 0.25) is 0 Å². The average molecular weight is 397 g/mol. The van der Waals surface area contributed by atoms with Gasteiger partial charge in [0, 0.05) is 0 Å². The minimum absolute atomic E-state index is 0.0220. The van der Waals surface area contributed by atoms with E-state index in [4.69, 9.17) is 4.74 Å². The third-order valence-corrected chi connectivity index (χ3v) is 5.63. The van der Waals surface area contributed by atoms with Gasteiger partial charge in [-0.25, -0.2) is 0 Å². The molecule has 0 unspecified atom stereocenters. The van der Waals surface area contributed by atoms with E-state index in [-0.39, 0.29) is 24.8 Å². The Kier molecular flexibility index (Phi) is 6.09. The van der Waals surface area contributed by atoms with Crippen LogP contribution in [0, 0.1) is 6.92 Å². The molecule has 0 radical (unpaired) electrons. The van der Waals surface area contributed by atoms with Crippen molar-refractivity contribution in [3.05, 3.63) is 64.0 Å². The van der Waals surface area contributed by atoms with Crippen molar-refractivity contribution in [3.63, 3.8) is 0 Å². The third kappa shape index (κ3) is 4.57. The molecule has 0 saturated heterocycles. The van der Waals surface area contributed by atoms with Gasteiger partial charge in [0.25, 0.3) is 5.91 Å². The summed E-state index contributed by atoms with van der Waals surface area (Å²) in [5.41, 5.74) is 4.15. The van der Waals surface area contributed by atoms with Crippen molar-refractivity contribution in [2.45, 2.75) is 39.7 Å². The van der Waals surface area contributed by atoms with Gasteiger partial charge in [0.05, 0.1) is 23.7 Å². The van der Waals surface area contributed by atoms with E-state index in [1.807, 2.05) is 43.3 Å². The Labute approximate surface area is 168 Å². The lowest BCUT2D eigenvalue weighted by molar-refractivity contribution is -0.141. The smallest absolute Gasteiger partial charge is 0.325 e. The number of ether oxygens (including phenoxy) is 1. The van der Waals surface area contributed by atoms with Crippen LogP contribution in [0.1, 0.15) is 36.5 Å². The van der Waals surface area contributed by atoms with Gasteiger partial charge in [-0.1, -0.05) is 61.1 Å².